The molecule has 0 aliphatic heterocycles. The number of ether oxygens (including phenoxy) is 1. The Morgan fingerprint density at radius 1 is 1.30 bits per heavy atom. The lowest BCUT2D eigenvalue weighted by atomic mass is 9.65. The van der Waals surface area contributed by atoms with Crippen LogP contribution in [0.3, 0.4) is 0 Å². The van der Waals surface area contributed by atoms with E-state index in [1.54, 1.807) is 6.92 Å². The minimum absolute atomic E-state index is 0.322. The topological polar surface area (TPSA) is 92.7 Å². The van der Waals surface area contributed by atoms with Gasteiger partial charge in [0.05, 0.1) is 12.5 Å². The zero-order valence-corrected chi connectivity index (χ0v) is 12.6. The van der Waals surface area contributed by atoms with Crippen LogP contribution in [0.2, 0.25) is 0 Å². The lowest BCUT2D eigenvalue weighted by Crippen LogP contribution is -2.48. The van der Waals surface area contributed by atoms with E-state index in [9.17, 15) is 14.4 Å². The molecule has 0 heterocycles. The van der Waals surface area contributed by atoms with Gasteiger partial charge in [0.25, 0.3) is 0 Å². The predicted octanol–water partition coefficient (Wildman–Crippen LogP) is 1.19. The molecule has 0 spiro atoms. The number of carboxylic acid groups (broad SMARTS) is 1. The molecule has 20 heavy (non-hydrogen) atoms. The fourth-order valence-electron chi connectivity index (χ4n) is 2.93. The lowest BCUT2D eigenvalue weighted by Gasteiger charge is -2.38. The second-order valence-electron chi connectivity index (χ2n) is 6.21. The molecule has 0 aromatic rings. The van der Waals surface area contributed by atoms with E-state index in [0.717, 1.165) is 0 Å². The van der Waals surface area contributed by atoms with Crippen LogP contribution in [-0.2, 0) is 19.1 Å². The quantitative estimate of drug-likeness (QED) is 0.757. The van der Waals surface area contributed by atoms with Gasteiger partial charge in [-0.2, -0.15) is 0 Å². The highest BCUT2D eigenvalue weighted by molar-refractivity contribution is 5.87. The molecule has 114 valence electrons. The second-order valence-corrected chi connectivity index (χ2v) is 6.21. The molecule has 1 fully saturated rings. The molecule has 0 aromatic carbocycles. The predicted molar refractivity (Wildman–Crippen MR) is 71.9 cm³/mol. The number of carbonyl (C=O) groups is 3. The Morgan fingerprint density at radius 3 is 2.30 bits per heavy atom. The zero-order chi connectivity index (χ0) is 15.7. The summed E-state index contributed by atoms with van der Waals surface area (Å²) in [5, 5.41) is 11.3. The highest BCUT2D eigenvalue weighted by atomic mass is 16.5. The minimum Gasteiger partial charge on any atom is -0.480 e. The van der Waals surface area contributed by atoms with Gasteiger partial charge in [0.15, 0.2) is 0 Å². The number of methoxy groups -OCH3 is 1. The molecule has 1 saturated carbocycles. The molecule has 6 heteroatoms. The molecule has 0 radical (unpaired) electrons. The number of amides is 1. The van der Waals surface area contributed by atoms with Crippen molar-refractivity contribution in [3.8, 4) is 0 Å². The molecular formula is C14H23NO5. The van der Waals surface area contributed by atoms with E-state index >= 15 is 0 Å². The average Bonchev–Trinajstić information content (AvgIpc) is 2.60. The third-order valence-electron chi connectivity index (χ3n) is 4.91. The van der Waals surface area contributed by atoms with Gasteiger partial charge in [-0.1, -0.05) is 13.8 Å². The van der Waals surface area contributed by atoms with Crippen molar-refractivity contribution in [2.45, 2.75) is 46.6 Å². The summed E-state index contributed by atoms with van der Waals surface area (Å²) in [5.41, 5.74) is -1.33. The van der Waals surface area contributed by atoms with Crippen molar-refractivity contribution in [3.05, 3.63) is 0 Å². The normalized spacial score (nSPS) is 29.6. The van der Waals surface area contributed by atoms with E-state index < -0.39 is 28.8 Å². The number of carbonyl (C=O) groups excluding carboxylic acids is 2. The van der Waals surface area contributed by atoms with E-state index in [0.29, 0.717) is 12.8 Å². The third-order valence-corrected chi connectivity index (χ3v) is 4.91. The highest BCUT2D eigenvalue weighted by Crippen LogP contribution is 2.56. The summed E-state index contributed by atoms with van der Waals surface area (Å²) < 4.78 is 4.86. The van der Waals surface area contributed by atoms with Crippen LogP contribution >= 0.6 is 0 Å². The Kier molecular flexibility index (Phi) is 4.46. The van der Waals surface area contributed by atoms with Crippen molar-refractivity contribution < 1.29 is 24.2 Å². The van der Waals surface area contributed by atoms with Gasteiger partial charge in [0, 0.05) is 5.92 Å². The molecular weight excluding hydrogens is 262 g/mol. The van der Waals surface area contributed by atoms with Crippen LogP contribution in [0.1, 0.15) is 40.5 Å². The summed E-state index contributed by atoms with van der Waals surface area (Å²) in [6.07, 6.45) is 1.09. The molecule has 2 N–H and O–H groups in total. The Bertz CT molecular complexity index is 431. The van der Waals surface area contributed by atoms with Crippen molar-refractivity contribution >= 4 is 17.8 Å². The Balaban J connectivity index is 2.92. The number of hydrogen-bond donors (Lipinski definition) is 2. The number of rotatable bonds is 4. The van der Waals surface area contributed by atoms with Crippen LogP contribution in [0.5, 0.6) is 0 Å². The van der Waals surface area contributed by atoms with Crippen molar-refractivity contribution in [2.24, 2.45) is 16.7 Å². The second kappa shape index (κ2) is 5.42. The van der Waals surface area contributed by atoms with Gasteiger partial charge in [-0.05, 0) is 32.1 Å². The largest absolute Gasteiger partial charge is 0.480 e. The molecule has 1 amide bonds. The fraction of sp³-hybridized carbons (Fsp3) is 0.786. The van der Waals surface area contributed by atoms with E-state index in [-0.39, 0.29) is 11.9 Å². The molecule has 1 rings (SSSR count). The molecule has 0 bridgehead atoms. The van der Waals surface area contributed by atoms with Crippen LogP contribution in [0.25, 0.3) is 0 Å². The fourth-order valence-corrected chi connectivity index (χ4v) is 2.93. The summed E-state index contributed by atoms with van der Waals surface area (Å²) >= 11 is 0. The zero-order valence-electron chi connectivity index (χ0n) is 12.6. The number of carboxylic acids is 1. The summed E-state index contributed by atoms with van der Waals surface area (Å²) in [7, 11) is 1.34. The maximum Gasteiger partial charge on any atom is 0.325 e. The smallest absolute Gasteiger partial charge is 0.325 e. The van der Waals surface area contributed by atoms with Crippen LogP contribution in [0, 0.1) is 16.7 Å². The average molecular weight is 285 g/mol. The van der Waals surface area contributed by atoms with Gasteiger partial charge < -0.3 is 15.2 Å². The maximum atomic E-state index is 12.2. The van der Waals surface area contributed by atoms with Crippen LogP contribution in [-0.4, -0.2) is 36.1 Å². The van der Waals surface area contributed by atoms with Gasteiger partial charge in [-0.25, -0.2) is 0 Å². The number of nitrogens with one attached hydrogen (secondary N) is 1. The van der Waals surface area contributed by atoms with Gasteiger partial charge >= 0.3 is 11.9 Å². The van der Waals surface area contributed by atoms with E-state index in [4.69, 9.17) is 9.84 Å². The van der Waals surface area contributed by atoms with E-state index in [1.807, 2.05) is 13.8 Å². The summed E-state index contributed by atoms with van der Waals surface area (Å²) in [6.45, 7) is 6.92. The van der Waals surface area contributed by atoms with E-state index in [1.165, 1.54) is 14.0 Å². The summed E-state index contributed by atoms with van der Waals surface area (Å²) in [6, 6.07) is -0.941. The first kappa shape index (κ1) is 16.5. The van der Waals surface area contributed by atoms with Crippen LogP contribution < -0.4 is 5.32 Å². The highest BCUT2D eigenvalue weighted by Gasteiger charge is 2.58. The molecule has 1 aliphatic rings. The Hall–Kier alpha value is -1.59. The van der Waals surface area contributed by atoms with Gasteiger partial charge in [-0.15, -0.1) is 0 Å². The van der Waals surface area contributed by atoms with Crippen molar-refractivity contribution in [1.82, 2.24) is 5.32 Å². The number of hydrogen-bond acceptors (Lipinski definition) is 4. The van der Waals surface area contributed by atoms with Gasteiger partial charge in [0.1, 0.15) is 6.04 Å². The third kappa shape index (κ3) is 2.51. The first-order valence-electron chi connectivity index (χ1n) is 6.69. The van der Waals surface area contributed by atoms with Crippen molar-refractivity contribution in [2.75, 3.05) is 7.11 Å². The SMILES string of the molecule is COC(=O)C1(C)CCC(C(=O)NC(C)C(=O)O)C1(C)C. The van der Waals surface area contributed by atoms with E-state index in [2.05, 4.69) is 5.32 Å². The van der Waals surface area contributed by atoms with Crippen LogP contribution in [0.4, 0.5) is 0 Å². The monoisotopic (exact) mass is 285 g/mol. The Morgan fingerprint density at radius 2 is 1.85 bits per heavy atom. The standard InChI is InChI=1S/C14H23NO5/c1-8(11(17)18)15-10(16)9-6-7-14(4,12(19)20-5)13(9,2)3/h8-9H,6-7H2,1-5H3,(H,15,16)(H,17,18). The number of esters is 1. The van der Waals surface area contributed by atoms with Crippen LogP contribution in [0.15, 0.2) is 0 Å². The minimum atomic E-state index is -1.08. The first-order valence-corrected chi connectivity index (χ1v) is 6.69. The molecule has 3 atom stereocenters. The molecule has 6 nitrogen and oxygen atoms in total. The summed E-state index contributed by atoms with van der Waals surface area (Å²) in [4.78, 5) is 35.1. The molecule has 1 aliphatic carbocycles. The lowest BCUT2D eigenvalue weighted by molar-refractivity contribution is -0.159. The van der Waals surface area contributed by atoms with Crippen molar-refractivity contribution in [1.29, 1.82) is 0 Å². The number of aliphatic carboxylic acids is 1. The molecule has 3 unspecified atom stereocenters. The molecule has 0 aromatic heterocycles. The van der Waals surface area contributed by atoms with Crippen molar-refractivity contribution in [3.63, 3.8) is 0 Å². The van der Waals surface area contributed by atoms with Gasteiger partial charge in [-0.3, -0.25) is 14.4 Å². The van der Waals surface area contributed by atoms with Gasteiger partial charge in [0.2, 0.25) is 5.91 Å². The summed E-state index contributed by atoms with van der Waals surface area (Å²) in [5.74, 6) is -2.14. The molecule has 0 saturated heterocycles. The first-order chi connectivity index (χ1) is 9.07. The maximum absolute atomic E-state index is 12.2. The Labute approximate surface area is 118 Å².